The first-order valence-electron chi connectivity index (χ1n) is 10.0. The van der Waals surface area contributed by atoms with Crippen LogP contribution in [0, 0.1) is 0 Å². The van der Waals surface area contributed by atoms with Crippen molar-refractivity contribution in [2.75, 3.05) is 33.4 Å². The van der Waals surface area contributed by atoms with Gasteiger partial charge in [-0.3, -0.25) is 4.79 Å². The van der Waals surface area contributed by atoms with Crippen LogP contribution < -0.4 is 5.32 Å². The number of halogens is 7. The van der Waals surface area contributed by atoms with Crippen LogP contribution in [-0.2, 0) is 31.7 Å². The first-order chi connectivity index (χ1) is 15.7. The first-order valence-corrected chi connectivity index (χ1v) is 10.4. The molecule has 1 fully saturated rings. The van der Waals surface area contributed by atoms with Crippen molar-refractivity contribution in [3.8, 4) is 0 Å². The van der Waals surface area contributed by atoms with Gasteiger partial charge in [0.1, 0.15) is 6.10 Å². The van der Waals surface area contributed by atoms with E-state index < -0.39 is 36.0 Å². The maximum Gasteiger partial charge on any atom is 0.490 e. The van der Waals surface area contributed by atoms with Gasteiger partial charge in [0, 0.05) is 31.8 Å². The number of amides is 1. The number of alkyl halides is 6. The number of benzene rings is 1. The number of carbonyl (C=O) groups excluding carboxylic acids is 1. The van der Waals surface area contributed by atoms with E-state index in [9.17, 15) is 31.1 Å². The highest BCUT2D eigenvalue weighted by molar-refractivity contribution is 6.31. The Balaban J connectivity index is 0.000000509. The molecule has 0 aromatic heterocycles. The predicted octanol–water partition coefficient (Wildman–Crippen LogP) is 3.44. The van der Waals surface area contributed by atoms with E-state index in [1.807, 2.05) is 0 Å². The maximum absolute atomic E-state index is 13.0. The molecule has 3 atom stereocenters. The van der Waals surface area contributed by atoms with Crippen molar-refractivity contribution in [1.29, 1.82) is 0 Å². The molecule has 1 aromatic carbocycles. The number of hydrogen-bond acceptors (Lipinski definition) is 5. The zero-order valence-corrected chi connectivity index (χ0v) is 18.9. The summed E-state index contributed by atoms with van der Waals surface area (Å²) in [4.78, 5) is 23.5. The second kappa shape index (κ2) is 11.1. The Bertz CT molecular complexity index is 893. The number of carboxylic acid groups (broad SMARTS) is 1. The summed E-state index contributed by atoms with van der Waals surface area (Å²) in [5, 5.41) is 10.3. The summed E-state index contributed by atoms with van der Waals surface area (Å²) in [5.74, 6) is -2.95. The van der Waals surface area contributed by atoms with E-state index in [-0.39, 0.29) is 17.0 Å². The summed E-state index contributed by atoms with van der Waals surface area (Å²) in [7, 11) is 1.57. The second-order valence-corrected chi connectivity index (χ2v) is 8.06. The lowest BCUT2D eigenvalue weighted by Gasteiger charge is -2.39. The highest BCUT2D eigenvalue weighted by Crippen LogP contribution is 2.40. The Kier molecular flexibility index (Phi) is 9.19. The topological polar surface area (TPSA) is 88.1 Å². The molecule has 1 saturated heterocycles. The molecule has 0 bridgehead atoms. The molecule has 14 heteroatoms. The van der Waals surface area contributed by atoms with Gasteiger partial charge in [0.25, 0.3) is 5.91 Å². The fourth-order valence-electron chi connectivity index (χ4n) is 3.72. The number of morpholine rings is 1. The molecule has 0 radical (unpaired) electrons. The van der Waals surface area contributed by atoms with Gasteiger partial charge in [-0.1, -0.05) is 11.6 Å². The molecule has 3 rings (SSSR count). The van der Waals surface area contributed by atoms with Gasteiger partial charge in [-0.05, 0) is 36.6 Å². The monoisotopic (exact) mass is 520 g/mol. The zero-order chi connectivity index (χ0) is 25.8. The average molecular weight is 521 g/mol. The zero-order valence-electron chi connectivity index (χ0n) is 18.1. The summed E-state index contributed by atoms with van der Waals surface area (Å²) < 4.78 is 81.7. The number of ether oxygens (including phenoxy) is 2. The number of carbonyl (C=O) groups is 2. The Morgan fingerprint density at radius 3 is 2.38 bits per heavy atom. The van der Waals surface area contributed by atoms with Crippen LogP contribution >= 0.6 is 11.6 Å². The molecule has 0 spiro atoms. The number of carboxylic acids is 1. The number of methoxy groups -OCH3 is 1. The number of rotatable bonds is 3. The van der Waals surface area contributed by atoms with Crippen LogP contribution in [0.2, 0.25) is 5.02 Å². The minimum Gasteiger partial charge on any atom is -0.475 e. The highest BCUT2D eigenvalue weighted by Gasteiger charge is 2.39. The molecule has 34 heavy (non-hydrogen) atoms. The van der Waals surface area contributed by atoms with Crippen LogP contribution in [0.4, 0.5) is 26.3 Å². The third-order valence-electron chi connectivity index (χ3n) is 5.26. The summed E-state index contributed by atoms with van der Waals surface area (Å²) in [6.07, 6.45) is -10.1. The van der Waals surface area contributed by atoms with Crippen LogP contribution in [-0.4, -0.2) is 73.6 Å². The third-order valence-corrected chi connectivity index (χ3v) is 5.57. The van der Waals surface area contributed by atoms with Gasteiger partial charge in [0.15, 0.2) is 0 Å². The highest BCUT2D eigenvalue weighted by atomic mass is 35.5. The molecule has 2 N–H and O–H groups in total. The van der Waals surface area contributed by atoms with E-state index in [1.54, 1.807) is 18.9 Å². The van der Waals surface area contributed by atoms with Crippen molar-refractivity contribution in [2.45, 2.75) is 43.9 Å². The molecule has 2 heterocycles. The smallest absolute Gasteiger partial charge is 0.475 e. The van der Waals surface area contributed by atoms with Gasteiger partial charge in [-0.15, -0.1) is 0 Å². The molecule has 2 aliphatic heterocycles. The number of aliphatic carboxylic acids is 1. The van der Waals surface area contributed by atoms with Crippen molar-refractivity contribution in [3.05, 3.63) is 33.8 Å². The minimum absolute atomic E-state index is 0.0322. The quantitative estimate of drug-likeness (QED) is 0.594. The standard InChI is InChI=1S/C18H22ClF3N2O3.C2HF3O2/c1-10-16-11(5-12(6-14(16)19)18(20,21)22)3-4-24(10)17(25)15-8-23-7-13(27-15)9-26-2;3-2(4,5)1(6)7/h5-6,10,13,15,23H,3-4,7-9H2,1-2H3;(H,6,7)/t10-,13-,15+;/m0./s1. The molecular weight excluding hydrogens is 498 g/mol. The molecule has 192 valence electrons. The fourth-order valence-corrected chi connectivity index (χ4v) is 4.12. The van der Waals surface area contributed by atoms with Crippen molar-refractivity contribution >= 4 is 23.5 Å². The first kappa shape index (κ1) is 28.1. The summed E-state index contributed by atoms with van der Waals surface area (Å²) in [5.41, 5.74) is 0.341. The normalized spacial score (nSPS) is 23.0. The molecule has 0 aliphatic carbocycles. The molecular formula is C20H23ClF6N2O5. The molecule has 2 aliphatic rings. The number of hydrogen-bond donors (Lipinski definition) is 2. The SMILES string of the molecule is COC[C@@H]1CNC[C@H](C(=O)N2CCc3cc(C(F)(F)F)cc(Cl)c3[C@@H]2C)O1.O=C(O)C(F)(F)F. The van der Waals surface area contributed by atoms with E-state index >= 15 is 0 Å². The average Bonchev–Trinajstić information content (AvgIpc) is 2.73. The Morgan fingerprint density at radius 1 is 1.24 bits per heavy atom. The molecule has 1 amide bonds. The minimum atomic E-state index is -5.08. The number of nitrogens with zero attached hydrogens (tertiary/aromatic N) is 1. The van der Waals surface area contributed by atoms with E-state index in [1.165, 1.54) is 0 Å². The van der Waals surface area contributed by atoms with Gasteiger partial charge in [-0.25, -0.2) is 4.79 Å². The lowest BCUT2D eigenvalue weighted by Crippen LogP contribution is -2.54. The maximum atomic E-state index is 13.0. The molecule has 7 nitrogen and oxygen atoms in total. The van der Waals surface area contributed by atoms with Crippen LogP contribution in [0.3, 0.4) is 0 Å². The van der Waals surface area contributed by atoms with Crippen molar-refractivity contribution in [2.24, 2.45) is 0 Å². The summed E-state index contributed by atoms with van der Waals surface area (Å²) in [6, 6.07) is 1.63. The second-order valence-electron chi connectivity index (χ2n) is 7.65. The van der Waals surface area contributed by atoms with Crippen molar-refractivity contribution < 1.29 is 50.5 Å². The van der Waals surface area contributed by atoms with Crippen LogP contribution in [0.15, 0.2) is 12.1 Å². The van der Waals surface area contributed by atoms with Gasteiger partial charge in [0.2, 0.25) is 0 Å². The van der Waals surface area contributed by atoms with E-state index in [4.69, 9.17) is 31.0 Å². The molecule has 0 unspecified atom stereocenters. The number of fused-ring (bicyclic) bond motifs is 1. The fraction of sp³-hybridized carbons (Fsp3) is 0.600. The summed E-state index contributed by atoms with van der Waals surface area (Å²) >= 11 is 6.17. The van der Waals surface area contributed by atoms with Crippen molar-refractivity contribution in [1.82, 2.24) is 10.2 Å². The lowest BCUT2D eigenvalue weighted by molar-refractivity contribution is -0.192. The van der Waals surface area contributed by atoms with E-state index in [0.29, 0.717) is 43.8 Å². The predicted molar refractivity (Wildman–Crippen MR) is 107 cm³/mol. The van der Waals surface area contributed by atoms with Gasteiger partial charge < -0.3 is 24.8 Å². The van der Waals surface area contributed by atoms with E-state index in [0.717, 1.165) is 12.1 Å². The van der Waals surface area contributed by atoms with Gasteiger partial charge >= 0.3 is 18.3 Å². The molecule has 1 aromatic rings. The third kappa shape index (κ3) is 6.96. The molecule has 0 saturated carbocycles. The number of nitrogens with one attached hydrogen (secondary N) is 1. The lowest BCUT2D eigenvalue weighted by atomic mass is 9.91. The largest absolute Gasteiger partial charge is 0.490 e. The van der Waals surface area contributed by atoms with Gasteiger partial charge in [0.05, 0.1) is 24.3 Å². The van der Waals surface area contributed by atoms with Gasteiger partial charge in [-0.2, -0.15) is 26.3 Å². The Labute approximate surface area is 195 Å². The van der Waals surface area contributed by atoms with E-state index in [2.05, 4.69) is 5.32 Å². The van der Waals surface area contributed by atoms with Crippen LogP contribution in [0.25, 0.3) is 0 Å². The summed E-state index contributed by atoms with van der Waals surface area (Å²) in [6.45, 7) is 3.45. The Morgan fingerprint density at radius 2 is 1.85 bits per heavy atom. The Hall–Kier alpha value is -2.09. The van der Waals surface area contributed by atoms with Crippen molar-refractivity contribution in [3.63, 3.8) is 0 Å². The van der Waals surface area contributed by atoms with Crippen LogP contribution in [0.1, 0.15) is 29.7 Å². The van der Waals surface area contributed by atoms with Crippen LogP contribution in [0.5, 0.6) is 0 Å².